The van der Waals surface area contributed by atoms with Crippen LogP contribution in [0.15, 0.2) is 53.7 Å². The molecule has 1 atom stereocenters. The van der Waals surface area contributed by atoms with Crippen LogP contribution in [0.25, 0.3) is 0 Å². The molecule has 2 aromatic rings. The summed E-state index contributed by atoms with van der Waals surface area (Å²) < 4.78 is 13.2. The van der Waals surface area contributed by atoms with E-state index >= 15 is 0 Å². The standard InChI is InChI=1S/C18H12ClFN2O3/c19-12-3-7-14(8-4-12)22-15(23)9-18(17(22)24)10-25-21-16(18)11-1-5-13(20)6-2-11/h1-8H,9-10H2. The third kappa shape index (κ3) is 2.41. The Morgan fingerprint density at radius 3 is 2.44 bits per heavy atom. The second-order valence-electron chi connectivity index (χ2n) is 5.99. The monoisotopic (exact) mass is 358 g/mol. The van der Waals surface area contributed by atoms with Gasteiger partial charge in [-0.05, 0) is 36.4 Å². The van der Waals surface area contributed by atoms with E-state index in [9.17, 15) is 14.0 Å². The molecule has 2 aliphatic rings. The molecule has 0 saturated carbocycles. The third-order valence-corrected chi connectivity index (χ3v) is 4.69. The second kappa shape index (κ2) is 5.67. The van der Waals surface area contributed by atoms with Crippen LogP contribution in [-0.2, 0) is 14.4 Å². The highest BCUT2D eigenvalue weighted by Crippen LogP contribution is 2.42. The summed E-state index contributed by atoms with van der Waals surface area (Å²) in [4.78, 5) is 32.0. The molecule has 2 amide bonds. The minimum atomic E-state index is -1.19. The molecule has 1 fully saturated rings. The maximum Gasteiger partial charge on any atom is 0.250 e. The molecule has 1 unspecified atom stereocenters. The molecule has 5 nitrogen and oxygen atoms in total. The van der Waals surface area contributed by atoms with E-state index in [1.54, 1.807) is 24.3 Å². The molecule has 0 bridgehead atoms. The topological polar surface area (TPSA) is 59.0 Å². The molecule has 4 rings (SSSR count). The van der Waals surface area contributed by atoms with Gasteiger partial charge >= 0.3 is 0 Å². The first-order valence-corrected chi connectivity index (χ1v) is 7.98. The summed E-state index contributed by atoms with van der Waals surface area (Å²) in [5.74, 6) is -1.14. The van der Waals surface area contributed by atoms with Crippen LogP contribution in [0.4, 0.5) is 10.1 Å². The molecule has 0 N–H and O–H groups in total. The number of anilines is 1. The van der Waals surface area contributed by atoms with E-state index in [0.29, 0.717) is 22.0 Å². The van der Waals surface area contributed by atoms with Gasteiger partial charge in [-0.15, -0.1) is 0 Å². The largest absolute Gasteiger partial charge is 0.394 e. The van der Waals surface area contributed by atoms with Crippen LogP contribution >= 0.6 is 11.6 Å². The lowest BCUT2D eigenvalue weighted by Crippen LogP contribution is -2.41. The van der Waals surface area contributed by atoms with E-state index in [-0.39, 0.29) is 18.9 Å². The van der Waals surface area contributed by atoms with Crippen molar-refractivity contribution in [2.75, 3.05) is 11.5 Å². The zero-order valence-corrected chi connectivity index (χ0v) is 13.7. The molecular formula is C18H12ClFN2O3. The highest BCUT2D eigenvalue weighted by molar-refractivity contribution is 6.33. The summed E-state index contributed by atoms with van der Waals surface area (Å²) in [5.41, 5.74) is 0.163. The van der Waals surface area contributed by atoms with Crippen molar-refractivity contribution in [3.05, 3.63) is 64.9 Å². The van der Waals surface area contributed by atoms with Gasteiger partial charge < -0.3 is 4.84 Å². The Labute approximate surface area is 147 Å². The van der Waals surface area contributed by atoms with Gasteiger partial charge in [0.25, 0.3) is 0 Å². The number of halogens is 2. The van der Waals surface area contributed by atoms with E-state index in [2.05, 4.69) is 5.16 Å². The molecule has 0 radical (unpaired) electrons. The number of carbonyl (C=O) groups is 2. The van der Waals surface area contributed by atoms with Crippen molar-refractivity contribution >= 4 is 34.8 Å². The Morgan fingerprint density at radius 2 is 1.76 bits per heavy atom. The number of amides is 2. The number of hydrogen-bond donors (Lipinski definition) is 0. The maximum absolute atomic E-state index is 13.2. The molecule has 25 heavy (non-hydrogen) atoms. The Bertz CT molecular complexity index is 896. The van der Waals surface area contributed by atoms with Crippen LogP contribution in [0.1, 0.15) is 12.0 Å². The molecule has 7 heteroatoms. The van der Waals surface area contributed by atoms with Crippen LogP contribution in [-0.4, -0.2) is 24.1 Å². The van der Waals surface area contributed by atoms with Gasteiger partial charge in [0.15, 0.2) is 0 Å². The number of hydrogen-bond acceptors (Lipinski definition) is 4. The Balaban J connectivity index is 1.74. The first kappa shape index (κ1) is 15.8. The SMILES string of the molecule is O=C1CC2(CON=C2c2ccc(F)cc2)C(=O)N1c1ccc(Cl)cc1. The van der Waals surface area contributed by atoms with Crippen molar-refractivity contribution in [3.63, 3.8) is 0 Å². The average molecular weight is 359 g/mol. The molecule has 1 spiro atoms. The summed E-state index contributed by atoms with van der Waals surface area (Å²) in [5, 5.41) is 4.48. The number of carbonyl (C=O) groups excluding carboxylic acids is 2. The van der Waals surface area contributed by atoms with Gasteiger partial charge in [0.2, 0.25) is 11.8 Å². The molecule has 0 aliphatic carbocycles. The van der Waals surface area contributed by atoms with Crippen molar-refractivity contribution in [1.29, 1.82) is 0 Å². The molecule has 126 valence electrons. The fourth-order valence-electron chi connectivity index (χ4n) is 3.19. The first-order valence-electron chi connectivity index (χ1n) is 7.61. The zero-order valence-electron chi connectivity index (χ0n) is 12.9. The highest BCUT2D eigenvalue weighted by atomic mass is 35.5. The fraction of sp³-hybridized carbons (Fsp3) is 0.167. The molecule has 2 aliphatic heterocycles. The minimum absolute atomic E-state index is 0.0195. The van der Waals surface area contributed by atoms with Gasteiger partial charge in [-0.25, -0.2) is 9.29 Å². The summed E-state index contributed by atoms with van der Waals surface area (Å²) in [6.45, 7) is -0.0195. The van der Waals surface area contributed by atoms with Gasteiger partial charge in [-0.2, -0.15) is 0 Å². The molecule has 0 aromatic heterocycles. The predicted molar refractivity (Wildman–Crippen MR) is 89.9 cm³/mol. The quantitative estimate of drug-likeness (QED) is 0.775. The lowest BCUT2D eigenvalue weighted by molar-refractivity contribution is -0.124. The predicted octanol–water partition coefficient (Wildman–Crippen LogP) is 3.16. The number of oxime groups is 1. The smallest absolute Gasteiger partial charge is 0.250 e. The zero-order chi connectivity index (χ0) is 17.6. The lowest BCUT2D eigenvalue weighted by Gasteiger charge is -2.21. The van der Waals surface area contributed by atoms with Crippen LogP contribution < -0.4 is 4.90 Å². The van der Waals surface area contributed by atoms with E-state index in [1.165, 1.54) is 24.3 Å². The summed E-state index contributed by atoms with van der Waals surface area (Å²) >= 11 is 5.87. The molecule has 1 saturated heterocycles. The first-order chi connectivity index (χ1) is 12.0. The lowest BCUT2D eigenvalue weighted by atomic mass is 9.79. The van der Waals surface area contributed by atoms with Gasteiger partial charge in [0, 0.05) is 10.6 Å². The third-order valence-electron chi connectivity index (χ3n) is 4.44. The summed E-state index contributed by atoms with van der Waals surface area (Å²) in [6.07, 6.45) is -0.0509. The average Bonchev–Trinajstić information content (AvgIpc) is 3.12. The van der Waals surface area contributed by atoms with Crippen LogP contribution in [0.2, 0.25) is 5.02 Å². The van der Waals surface area contributed by atoms with Gasteiger partial charge in [-0.1, -0.05) is 28.9 Å². The highest BCUT2D eigenvalue weighted by Gasteiger charge is 2.59. The molecule has 2 heterocycles. The van der Waals surface area contributed by atoms with Crippen molar-refractivity contribution in [3.8, 4) is 0 Å². The van der Waals surface area contributed by atoms with E-state index in [0.717, 1.165) is 4.90 Å². The summed E-state index contributed by atoms with van der Waals surface area (Å²) in [6, 6.07) is 12.1. The summed E-state index contributed by atoms with van der Waals surface area (Å²) in [7, 11) is 0. The molecular weight excluding hydrogens is 347 g/mol. The van der Waals surface area contributed by atoms with E-state index < -0.39 is 17.1 Å². The second-order valence-corrected chi connectivity index (χ2v) is 6.43. The van der Waals surface area contributed by atoms with Crippen molar-refractivity contribution < 1.29 is 18.8 Å². The fourth-order valence-corrected chi connectivity index (χ4v) is 3.31. The van der Waals surface area contributed by atoms with Gasteiger partial charge in [0.1, 0.15) is 23.6 Å². The maximum atomic E-state index is 13.2. The Kier molecular flexibility index (Phi) is 3.58. The number of benzene rings is 2. The van der Waals surface area contributed by atoms with E-state index in [1.807, 2.05) is 0 Å². The van der Waals surface area contributed by atoms with Crippen LogP contribution in [0.3, 0.4) is 0 Å². The van der Waals surface area contributed by atoms with Gasteiger partial charge in [0.05, 0.1) is 12.1 Å². The number of imide groups is 1. The van der Waals surface area contributed by atoms with Crippen LogP contribution in [0, 0.1) is 11.2 Å². The Hall–Kier alpha value is -2.73. The Morgan fingerprint density at radius 1 is 1.08 bits per heavy atom. The number of nitrogens with zero attached hydrogens (tertiary/aromatic N) is 2. The normalized spacial score (nSPS) is 22.5. The van der Waals surface area contributed by atoms with E-state index in [4.69, 9.17) is 16.4 Å². The van der Waals surface area contributed by atoms with Crippen LogP contribution in [0.5, 0.6) is 0 Å². The molecule has 2 aromatic carbocycles. The van der Waals surface area contributed by atoms with Gasteiger partial charge in [-0.3, -0.25) is 9.59 Å². The minimum Gasteiger partial charge on any atom is -0.394 e. The van der Waals surface area contributed by atoms with Crippen molar-refractivity contribution in [2.24, 2.45) is 10.6 Å². The van der Waals surface area contributed by atoms with Crippen molar-refractivity contribution in [1.82, 2.24) is 0 Å². The number of rotatable bonds is 2. The van der Waals surface area contributed by atoms with Crippen molar-refractivity contribution in [2.45, 2.75) is 6.42 Å².